The third-order valence-electron chi connectivity index (χ3n) is 7.23. The Morgan fingerprint density at radius 3 is 2.82 bits per heavy atom. The molecule has 172 valence electrons. The van der Waals surface area contributed by atoms with Crippen molar-refractivity contribution >= 4 is 22.6 Å². The van der Waals surface area contributed by atoms with Gasteiger partial charge in [-0.15, -0.1) is 0 Å². The second-order valence-corrected chi connectivity index (χ2v) is 9.81. The Morgan fingerprint density at radius 1 is 1.24 bits per heavy atom. The SMILES string of the molecule is COC1=C(N2CCC[C@@]2(C)c2nc3c(C)c(Cl)ccc3[nH]2)CC(c2cccc(C)c2)C=C1F. The van der Waals surface area contributed by atoms with E-state index < -0.39 is 5.54 Å². The van der Waals surface area contributed by atoms with Gasteiger partial charge in [-0.25, -0.2) is 9.37 Å². The molecule has 33 heavy (non-hydrogen) atoms. The fourth-order valence-corrected chi connectivity index (χ4v) is 5.55. The summed E-state index contributed by atoms with van der Waals surface area (Å²) < 4.78 is 20.9. The summed E-state index contributed by atoms with van der Waals surface area (Å²) in [6.45, 7) is 7.07. The number of likely N-dealkylation sites (tertiary alicyclic amines) is 1. The van der Waals surface area contributed by atoms with Gasteiger partial charge in [0.25, 0.3) is 0 Å². The summed E-state index contributed by atoms with van der Waals surface area (Å²) in [7, 11) is 1.55. The van der Waals surface area contributed by atoms with Crippen LogP contribution in [0.3, 0.4) is 0 Å². The molecule has 4 nitrogen and oxygen atoms in total. The molecule has 0 spiro atoms. The minimum absolute atomic E-state index is 0.0413. The molecule has 1 aliphatic carbocycles. The maximum atomic E-state index is 15.3. The van der Waals surface area contributed by atoms with Crippen LogP contribution in [0.25, 0.3) is 11.0 Å². The number of hydrogen-bond donors (Lipinski definition) is 1. The number of aromatic amines is 1. The molecule has 1 aromatic heterocycles. The van der Waals surface area contributed by atoms with Crippen LogP contribution in [-0.2, 0) is 10.3 Å². The number of hydrogen-bond acceptors (Lipinski definition) is 3. The molecule has 1 N–H and O–H groups in total. The van der Waals surface area contributed by atoms with E-state index in [1.165, 1.54) is 5.56 Å². The molecule has 1 fully saturated rings. The number of nitrogens with one attached hydrogen (secondary N) is 1. The molecule has 1 aliphatic heterocycles. The van der Waals surface area contributed by atoms with Crippen LogP contribution in [0.15, 0.2) is 59.8 Å². The van der Waals surface area contributed by atoms with Crippen LogP contribution >= 0.6 is 11.6 Å². The van der Waals surface area contributed by atoms with Crippen LogP contribution < -0.4 is 0 Å². The Balaban J connectivity index is 1.57. The molecule has 2 aliphatic rings. The maximum Gasteiger partial charge on any atom is 0.173 e. The van der Waals surface area contributed by atoms with E-state index in [0.29, 0.717) is 17.2 Å². The van der Waals surface area contributed by atoms with E-state index in [9.17, 15) is 0 Å². The standard InChI is InChI=1S/C27H29ClFN3O/c1-16-7-5-8-18(13-16)19-14-21(29)25(33-4)23(15-19)32-12-6-11-27(32,3)26-30-22-10-9-20(28)17(2)24(22)31-26/h5,7-10,13-14,19H,6,11-12,15H2,1-4H3,(H,30,31)/t19?,27-/m0/s1. The van der Waals surface area contributed by atoms with Crippen molar-refractivity contribution in [2.24, 2.45) is 0 Å². The van der Waals surface area contributed by atoms with E-state index in [2.05, 4.69) is 41.9 Å². The number of nitrogens with zero attached hydrogens (tertiary/aromatic N) is 2. The predicted octanol–water partition coefficient (Wildman–Crippen LogP) is 7.04. The van der Waals surface area contributed by atoms with Gasteiger partial charge in [0.2, 0.25) is 0 Å². The van der Waals surface area contributed by atoms with Crippen LogP contribution in [0.1, 0.15) is 54.6 Å². The summed E-state index contributed by atoms with van der Waals surface area (Å²) >= 11 is 6.34. The number of methoxy groups -OCH3 is 1. The second-order valence-electron chi connectivity index (χ2n) is 9.40. The van der Waals surface area contributed by atoms with E-state index in [1.54, 1.807) is 13.2 Å². The molecule has 2 aromatic carbocycles. The summed E-state index contributed by atoms with van der Waals surface area (Å²) in [6.07, 6.45) is 4.28. The number of benzene rings is 2. The normalized spacial score (nSPS) is 23.4. The fourth-order valence-electron chi connectivity index (χ4n) is 5.40. The highest BCUT2D eigenvalue weighted by molar-refractivity contribution is 6.32. The van der Waals surface area contributed by atoms with Gasteiger partial charge in [-0.2, -0.15) is 0 Å². The summed E-state index contributed by atoms with van der Waals surface area (Å²) in [6, 6.07) is 12.2. The second kappa shape index (κ2) is 8.21. The van der Waals surface area contributed by atoms with Crippen molar-refractivity contribution in [2.75, 3.05) is 13.7 Å². The largest absolute Gasteiger partial charge is 0.492 e. The molecule has 1 unspecified atom stereocenters. The van der Waals surface area contributed by atoms with Crippen LogP contribution in [0, 0.1) is 13.8 Å². The van der Waals surface area contributed by atoms with Crippen LogP contribution in [0.5, 0.6) is 0 Å². The molecular formula is C27H29ClFN3O. The maximum absolute atomic E-state index is 15.3. The first-order chi connectivity index (χ1) is 15.8. The molecule has 6 heteroatoms. The first-order valence-electron chi connectivity index (χ1n) is 11.5. The summed E-state index contributed by atoms with van der Waals surface area (Å²) in [5.74, 6) is 0.875. The van der Waals surface area contributed by atoms with Gasteiger partial charge < -0.3 is 14.6 Å². The summed E-state index contributed by atoms with van der Waals surface area (Å²) in [4.78, 5) is 10.8. The van der Waals surface area contributed by atoms with Crippen molar-refractivity contribution in [1.82, 2.24) is 14.9 Å². The Labute approximate surface area is 199 Å². The smallest absolute Gasteiger partial charge is 0.173 e. The first kappa shape index (κ1) is 22.0. The predicted molar refractivity (Wildman–Crippen MR) is 131 cm³/mol. The van der Waals surface area contributed by atoms with Crippen LogP contribution in [0.2, 0.25) is 5.02 Å². The topological polar surface area (TPSA) is 41.1 Å². The molecule has 2 atom stereocenters. The number of aromatic nitrogens is 2. The van der Waals surface area contributed by atoms with E-state index in [-0.39, 0.29) is 11.7 Å². The third-order valence-corrected chi connectivity index (χ3v) is 7.64. The number of imidazole rings is 1. The Bertz CT molecular complexity index is 1290. The highest BCUT2D eigenvalue weighted by Crippen LogP contribution is 2.46. The average molecular weight is 466 g/mol. The molecular weight excluding hydrogens is 437 g/mol. The van der Waals surface area contributed by atoms with Gasteiger partial charge in [-0.3, -0.25) is 0 Å². The lowest BCUT2D eigenvalue weighted by Crippen LogP contribution is -2.40. The number of rotatable bonds is 4. The highest BCUT2D eigenvalue weighted by Gasteiger charge is 2.44. The zero-order chi connectivity index (χ0) is 23.3. The Hall–Kier alpha value is -2.79. The molecule has 2 heterocycles. The molecule has 3 aromatic rings. The molecule has 1 saturated heterocycles. The van der Waals surface area contributed by atoms with Gasteiger partial charge in [-0.05, 0) is 62.9 Å². The van der Waals surface area contributed by atoms with Gasteiger partial charge in [0.1, 0.15) is 5.82 Å². The number of fused-ring (bicyclic) bond motifs is 1. The lowest BCUT2D eigenvalue weighted by Gasteiger charge is -2.40. The fraction of sp³-hybridized carbons (Fsp3) is 0.370. The van der Waals surface area contributed by atoms with Gasteiger partial charge in [0.15, 0.2) is 11.6 Å². The third kappa shape index (κ3) is 3.63. The van der Waals surface area contributed by atoms with Crippen molar-refractivity contribution < 1.29 is 9.13 Å². The molecule has 0 amide bonds. The molecule has 0 saturated carbocycles. The van der Waals surface area contributed by atoms with E-state index in [1.807, 2.05) is 25.1 Å². The first-order valence-corrected chi connectivity index (χ1v) is 11.8. The Kier molecular flexibility index (Phi) is 5.48. The molecule has 0 bridgehead atoms. The minimum atomic E-state index is -0.397. The van der Waals surface area contributed by atoms with Crippen LogP contribution in [0.4, 0.5) is 4.39 Å². The molecule has 5 rings (SSSR count). The molecule has 0 radical (unpaired) electrons. The quantitative estimate of drug-likeness (QED) is 0.449. The Morgan fingerprint density at radius 2 is 2.06 bits per heavy atom. The minimum Gasteiger partial charge on any atom is -0.492 e. The number of allylic oxidation sites excluding steroid dienone is 3. The average Bonchev–Trinajstić information content (AvgIpc) is 3.41. The monoisotopic (exact) mass is 465 g/mol. The van der Waals surface area contributed by atoms with Crippen molar-refractivity contribution in [3.63, 3.8) is 0 Å². The van der Waals surface area contributed by atoms with Gasteiger partial charge in [0, 0.05) is 23.9 Å². The van der Waals surface area contributed by atoms with Crippen molar-refractivity contribution in [3.05, 3.63) is 87.3 Å². The summed E-state index contributed by atoms with van der Waals surface area (Å²) in [5, 5.41) is 0.707. The van der Waals surface area contributed by atoms with Gasteiger partial charge in [0.05, 0.1) is 29.4 Å². The van der Waals surface area contributed by atoms with E-state index in [4.69, 9.17) is 21.3 Å². The van der Waals surface area contributed by atoms with Crippen molar-refractivity contribution in [3.8, 4) is 0 Å². The van der Waals surface area contributed by atoms with Crippen molar-refractivity contribution in [1.29, 1.82) is 0 Å². The number of halogens is 2. The number of ether oxygens (including phenoxy) is 1. The highest BCUT2D eigenvalue weighted by atomic mass is 35.5. The van der Waals surface area contributed by atoms with E-state index in [0.717, 1.165) is 53.1 Å². The van der Waals surface area contributed by atoms with Gasteiger partial charge in [-0.1, -0.05) is 41.4 Å². The lowest BCUT2D eigenvalue weighted by atomic mass is 9.87. The number of aryl methyl sites for hydroxylation is 2. The lowest BCUT2D eigenvalue weighted by molar-refractivity contribution is 0.163. The zero-order valence-electron chi connectivity index (χ0n) is 19.5. The van der Waals surface area contributed by atoms with Crippen molar-refractivity contribution in [2.45, 2.75) is 51.5 Å². The van der Waals surface area contributed by atoms with Gasteiger partial charge >= 0.3 is 0 Å². The van der Waals surface area contributed by atoms with Crippen LogP contribution in [-0.4, -0.2) is 28.5 Å². The zero-order valence-corrected chi connectivity index (χ0v) is 20.3. The van der Waals surface area contributed by atoms with E-state index >= 15 is 4.39 Å². The summed E-state index contributed by atoms with van der Waals surface area (Å²) in [5.41, 5.74) is 5.62. The number of H-pyrrole nitrogens is 1.